The van der Waals surface area contributed by atoms with Gasteiger partial charge in [-0.1, -0.05) is 6.07 Å². The lowest BCUT2D eigenvalue weighted by atomic mass is 9.75. The van der Waals surface area contributed by atoms with Crippen molar-refractivity contribution in [3.05, 3.63) is 48.3 Å². The number of rotatable bonds is 5. The van der Waals surface area contributed by atoms with Crippen LogP contribution < -0.4 is 0 Å². The van der Waals surface area contributed by atoms with Crippen molar-refractivity contribution in [1.29, 1.82) is 0 Å². The summed E-state index contributed by atoms with van der Waals surface area (Å²) in [6, 6.07) is 4.22. The fourth-order valence-corrected chi connectivity index (χ4v) is 5.05. The van der Waals surface area contributed by atoms with Gasteiger partial charge in [-0.15, -0.1) is 0 Å². The number of hydrogen-bond donors (Lipinski definition) is 0. The zero-order chi connectivity index (χ0) is 20.9. The number of aromatic nitrogens is 3. The third kappa shape index (κ3) is 3.20. The molecule has 2 aliphatic heterocycles. The summed E-state index contributed by atoms with van der Waals surface area (Å²) in [6.45, 7) is 6.63. The van der Waals surface area contributed by atoms with Crippen LogP contribution in [0.2, 0.25) is 0 Å². The van der Waals surface area contributed by atoms with Crippen molar-refractivity contribution in [2.45, 2.75) is 51.6 Å². The number of hydrogen-bond acceptors (Lipinski definition) is 4. The number of amides is 2. The Kier molecular flexibility index (Phi) is 4.64. The van der Waals surface area contributed by atoms with Crippen LogP contribution in [-0.4, -0.2) is 55.8 Å². The first kappa shape index (κ1) is 19.3. The normalized spacial score (nSPS) is 26.4. The van der Waals surface area contributed by atoms with E-state index in [1.807, 2.05) is 34.5 Å². The maximum atomic E-state index is 13.7. The molecule has 30 heavy (non-hydrogen) atoms. The van der Waals surface area contributed by atoms with E-state index in [1.165, 1.54) is 0 Å². The number of likely N-dealkylation sites (tertiary alicyclic amines) is 2. The summed E-state index contributed by atoms with van der Waals surface area (Å²) in [6.07, 6.45) is 10.2. The second kappa shape index (κ2) is 7.22. The Balaban J connectivity index is 1.44. The van der Waals surface area contributed by atoms with Gasteiger partial charge < -0.3 is 14.4 Å². The molecular weight excluding hydrogens is 378 g/mol. The van der Waals surface area contributed by atoms with Crippen LogP contribution >= 0.6 is 0 Å². The van der Waals surface area contributed by atoms with E-state index in [1.54, 1.807) is 6.20 Å². The number of pyridine rings is 1. The highest BCUT2D eigenvalue weighted by Crippen LogP contribution is 2.51. The lowest BCUT2D eigenvalue weighted by Crippen LogP contribution is -2.40. The number of nitrogens with zero attached hydrogens (tertiary/aromatic N) is 5. The van der Waals surface area contributed by atoms with Crippen LogP contribution in [0.3, 0.4) is 0 Å². The molecule has 2 aromatic heterocycles. The van der Waals surface area contributed by atoms with Crippen LogP contribution in [0, 0.1) is 11.3 Å². The van der Waals surface area contributed by atoms with Crippen molar-refractivity contribution in [2.24, 2.45) is 11.3 Å². The van der Waals surface area contributed by atoms with Crippen molar-refractivity contribution < 1.29 is 9.59 Å². The lowest BCUT2D eigenvalue weighted by molar-refractivity contribution is -0.137. The Morgan fingerprint density at radius 1 is 1.33 bits per heavy atom. The third-order valence-electron chi connectivity index (χ3n) is 6.99. The minimum atomic E-state index is -0.567. The largest absolute Gasteiger partial charge is 0.341 e. The van der Waals surface area contributed by atoms with E-state index in [4.69, 9.17) is 0 Å². The first-order valence-corrected chi connectivity index (χ1v) is 11.0. The number of carbonyl (C=O) groups is 2. The average Bonchev–Trinajstić information content (AvgIpc) is 3.23. The van der Waals surface area contributed by atoms with Gasteiger partial charge in [-0.2, -0.15) is 0 Å². The Morgan fingerprint density at radius 3 is 2.83 bits per heavy atom. The van der Waals surface area contributed by atoms with E-state index in [2.05, 4.69) is 34.6 Å². The summed E-state index contributed by atoms with van der Waals surface area (Å²) >= 11 is 0. The summed E-state index contributed by atoms with van der Waals surface area (Å²) in [4.78, 5) is 39.4. The molecule has 1 spiro atoms. The minimum Gasteiger partial charge on any atom is -0.341 e. The van der Waals surface area contributed by atoms with Crippen molar-refractivity contribution in [3.8, 4) is 0 Å². The van der Waals surface area contributed by atoms with Crippen LogP contribution in [0.4, 0.5) is 0 Å². The zero-order valence-corrected chi connectivity index (χ0v) is 17.7. The SMILES string of the molecule is CC(C)n1cnc(C2CN(C(=O)C3CC3)CC23CCN(Cc2cccnc2)C3=O)c1. The average molecular weight is 408 g/mol. The Morgan fingerprint density at radius 2 is 2.17 bits per heavy atom. The standard InChI is InChI=1S/C23H29N5O2/c1-16(2)28-13-20(25-15-28)19-12-27(21(29)18-5-6-18)14-23(19)7-9-26(22(23)30)11-17-4-3-8-24-10-17/h3-4,8,10,13,15-16,18-19H,5-7,9,11-12,14H2,1-2H3. The summed E-state index contributed by atoms with van der Waals surface area (Å²) in [5, 5.41) is 0. The molecule has 0 aromatic carbocycles. The fraction of sp³-hybridized carbons (Fsp3) is 0.565. The maximum absolute atomic E-state index is 13.7. The molecular formula is C23H29N5O2. The molecule has 2 atom stereocenters. The smallest absolute Gasteiger partial charge is 0.231 e. The van der Waals surface area contributed by atoms with Crippen molar-refractivity contribution >= 4 is 11.8 Å². The van der Waals surface area contributed by atoms with E-state index in [9.17, 15) is 9.59 Å². The maximum Gasteiger partial charge on any atom is 0.231 e. The fourth-order valence-electron chi connectivity index (χ4n) is 5.05. The molecule has 2 saturated heterocycles. The van der Waals surface area contributed by atoms with Crippen LogP contribution in [-0.2, 0) is 16.1 Å². The van der Waals surface area contributed by atoms with E-state index in [0.717, 1.165) is 30.5 Å². The minimum absolute atomic E-state index is 0.0494. The Labute approximate surface area is 177 Å². The predicted molar refractivity (Wildman–Crippen MR) is 111 cm³/mol. The van der Waals surface area contributed by atoms with Gasteiger partial charge in [0.05, 0.1) is 17.4 Å². The Bertz CT molecular complexity index is 952. The van der Waals surface area contributed by atoms with Gasteiger partial charge in [0.25, 0.3) is 0 Å². The van der Waals surface area contributed by atoms with Gasteiger partial charge in [-0.3, -0.25) is 14.6 Å². The molecule has 3 aliphatic rings. The molecule has 1 aliphatic carbocycles. The highest BCUT2D eigenvalue weighted by atomic mass is 16.2. The van der Waals surface area contributed by atoms with Crippen LogP contribution in [0.1, 0.15) is 56.3 Å². The Hall–Kier alpha value is -2.70. The van der Waals surface area contributed by atoms with Gasteiger partial charge in [-0.25, -0.2) is 4.98 Å². The lowest BCUT2D eigenvalue weighted by Gasteiger charge is -2.28. The molecule has 2 amide bonds. The molecule has 5 rings (SSSR count). The summed E-state index contributed by atoms with van der Waals surface area (Å²) in [5.74, 6) is 0.490. The zero-order valence-electron chi connectivity index (χ0n) is 17.7. The summed E-state index contributed by atoms with van der Waals surface area (Å²) in [5.41, 5.74) is 1.40. The van der Waals surface area contributed by atoms with E-state index >= 15 is 0 Å². The van der Waals surface area contributed by atoms with Crippen LogP contribution in [0.25, 0.3) is 0 Å². The number of carbonyl (C=O) groups excluding carboxylic acids is 2. The first-order chi connectivity index (χ1) is 14.5. The van der Waals surface area contributed by atoms with Gasteiger partial charge in [0.2, 0.25) is 11.8 Å². The van der Waals surface area contributed by atoms with Gasteiger partial charge >= 0.3 is 0 Å². The van der Waals surface area contributed by atoms with Gasteiger partial charge in [0.1, 0.15) is 0 Å². The summed E-state index contributed by atoms with van der Waals surface area (Å²) < 4.78 is 2.08. The molecule has 1 saturated carbocycles. The topological polar surface area (TPSA) is 71.3 Å². The second-order valence-electron chi connectivity index (χ2n) is 9.38. The number of imidazole rings is 1. The van der Waals surface area contributed by atoms with E-state index in [-0.39, 0.29) is 23.7 Å². The summed E-state index contributed by atoms with van der Waals surface area (Å²) in [7, 11) is 0. The van der Waals surface area contributed by atoms with Crippen molar-refractivity contribution in [1.82, 2.24) is 24.3 Å². The van der Waals surface area contributed by atoms with Gasteiger partial charge in [0.15, 0.2) is 0 Å². The molecule has 4 heterocycles. The molecule has 2 unspecified atom stereocenters. The van der Waals surface area contributed by atoms with E-state index < -0.39 is 5.41 Å². The molecule has 7 heteroatoms. The molecule has 158 valence electrons. The molecule has 7 nitrogen and oxygen atoms in total. The monoisotopic (exact) mass is 407 g/mol. The first-order valence-electron chi connectivity index (χ1n) is 11.0. The van der Waals surface area contributed by atoms with Crippen molar-refractivity contribution in [3.63, 3.8) is 0 Å². The predicted octanol–water partition coefficient (Wildman–Crippen LogP) is 2.61. The quantitative estimate of drug-likeness (QED) is 0.764. The second-order valence-corrected chi connectivity index (χ2v) is 9.38. The van der Waals surface area contributed by atoms with Crippen LogP contribution in [0.15, 0.2) is 37.1 Å². The highest BCUT2D eigenvalue weighted by molar-refractivity contribution is 5.89. The van der Waals surface area contributed by atoms with Gasteiger partial charge in [0, 0.05) is 62.6 Å². The van der Waals surface area contributed by atoms with Crippen molar-refractivity contribution in [2.75, 3.05) is 19.6 Å². The molecule has 0 radical (unpaired) electrons. The van der Waals surface area contributed by atoms with E-state index in [0.29, 0.717) is 32.2 Å². The molecule has 3 fully saturated rings. The van der Waals surface area contributed by atoms with Gasteiger partial charge in [-0.05, 0) is 44.7 Å². The molecule has 2 aromatic rings. The highest BCUT2D eigenvalue weighted by Gasteiger charge is 2.59. The van der Waals surface area contributed by atoms with Crippen LogP contribution in [0.5, 0.6) is 0 Å². The molecule has 0 bridgehead atoms. The molecule has 0 N–H and O–H groups in total. The third-order valence-corrected chi connectivity index (χ3v) is 6.99.